The number of H-pyrrole nitrogens is 1. The van der Waals surface area contributed by atoms with E-state index >= 15 is 0 Å². The topological polar surface area (TPSA) is 91.9 Å². The Bertz CT molecular complexity index is 1220. The van der Waals surface area contributed by atoms with Gasteiger partial charge in [0, 0.05) is 17.5 Å². The number of aromatic amines is 1. The van der Waals surface area contributed by atoms with E-state index < -0.39 is 10.0 Å². The van der Waals surface area contributed by atoms with Gasteiger partial charge in [-0.25, -0.2) is 18.2 Å². The maximum absolute atomic E-state index is 12.7. The van der Waals surface area contributed by atoms with E-state index in [1.165, 1.54) is 0 Å². The minimum atomic E-state index is -3.40. The van der Waals surface area contributed by atoms with Gasteiger partial charge < -0.3 is 0 Å². The number of rotatable bonds is 5. The van der Waals surface area contributed by atoms with Gasteiger partial charge in [0.1, 0.15) is 0 Å². The third-order valence-electron chi connectivity index (χ3n) is 5.75. The zero-order valence-corrected chi connectivity index (χ0v) is 17.9. The number of aryl methyl sites for hydroxylation is 1. The van der Waals surface area contributed by atoms with Crippen LogP contribution < -0.4 is 10.3 Å². The first-order valence-corrected chi connectivity index (χ1v) is 11.9. The van der Waals surface area contributed by atoms with Gasteiger partial charge in [-0.15, -0.1) is 0 Å². The summed E-state index contributed by atoms with van der Waals surface area (Å²) in [7, 11) is -3.40. The molecule has 0 aliphatic heterocycles. The molecule has 0 spiro atoms. The van der Waals surface area contributed by atoms with Crippen LogP contribution in [0.2, 0.25) is 0 Å². The molecule has 7 heteroatoms. The van der Waals surface area contributed by atoms with Crippen molar-refractivity contribution in [2.24, 2.45) is 0 Å². The van der Waals surface area contributed by atoms with Crippen LogP contribution in [0.1, 0.15) is 34.7 Å². The molecule has 0 bridgehead atoms. The van der Waals surface area contributed by atoms with E-state index in [1.54, 1.807) is 0 Å². The highest BCUT2D eigenvalue weighted by molar-refractivity contribution is 7.88. The van der Waals surface area contributed by atoms with Crippen molar-refractivity contribution < 1.29 is 8.42 Å². The minimum absolute atomic E-state index is 0.236. The third-order valence-corrected chi connectivity index (χ3v) is 6.48. The van der Waals surface area contributed by atoms with Gasteiger partial charge in [0.25, 0.3) is 5.56 Å². The van der Waals surface area contributed by atoms with Crippen molar-refractivity contribution in [3.8, 4) is 11.1 Å². The predicted octanol–water partition coefficient (Wildman–Crippen LogP) is 2.94. The molecule has 4 rings (SSSR count). The molecule has 1 aromatic heterocycles. The summed E-state index contributed by atoms with van der Waals surface area (Å²) in [6.45, 7) is 1.88. The van der Waals surface area contributed by atoms with E-state index in [0.29, 0.717) is 24.8 Å². The van der Waals surface area contributed by atoms with Gasteiger partial charge >= 0.3 is 0 Å². The summed E-state index contributed by atoms with van der Waals surface area (Å²) in [4.78, 5) is 12.7. The molecule has 0 fully saturated rings. The normalized spacial score (nSPS) is 18.7. The SMILES string of the molecule is Cc1n[nH]c(=O)c2c1CCC(NS(C)(=O)=O)C2Cc1cccc(-c2ccccc2)c1. The highest BCUT2D eigenvalue weighted by Crippen LogP contribution is 2.34. The second-order valence-corrected chi connectivity index (χ2v) is 9.72. The van der Waals surface area contributed by atoms with E-state index in [4.69, 9.17) is 0 Å². The first-order chi connectivity index (χ1) is 14.3. The Morgan fingerprint density at radius 1 is 1.10 bits per heavy atom. The van der Waals surface area contributed by atoms with Crippen LogP contribution in [0.25, 0.3) is 11.1 Å². The average Bonchev–Trinajstić information content (AvgIpc) is 2.72. The molecule has 0 saturated heterocycles. The summed E-state index contributed by atoms with van der Waals surface area (Å²) in [6.07, 6.45) is 2.99. The average molecular weight is 424 g/mol. The highest BCUT2D eigenvalue weighted by atomic mass is 32.2. The van der Waals surface area contributed by atoms with Crippen LogP contribution in [0, 0.1) is 6.92 Å². The summed E-state index contributed by atoms with van der Waals surface area (Å²) in [6, 6.07) is 18.0. The smallest absolute Gasteiger partial charge is 0.268 e. The lowest BCUT2D eigenvalue weighted by Gasteiger charge is -2.33. The first-order valence-electron chi connectivity index (χ1n) is 10.0. The largest absolute Gasteiger partial charge is 0.268 e. The van der Waals surface area contributed by atoms with Crippen molar-refractivity contribution in [1.82, 2.24) is 14.9 Å². The second kappa shape index (κ2) is 8.16. The molecule has 2 atom stereocenters. The van der Waals surface area contributed by atoms with Gasteiger partial charge in [-0.2, -0.15) is 5.10 Å². The van der Waals surface area contributed by atoms with Gasteiger partial charge in [-0.05, 0) is 48.4 Å². The number of fused-ring (bicyclic) bond motifs is 1. The Hall–Kier alpha value is -2.77. The van der Waals surface area contributed by atoms with Crippen LogP contribution in [0.5, 0.6) is 0 Å². The fourth-order valence-corrected chi connectivity index (χ4v) is 5.26. The third kappa shape index (κ3) is 4.37. The van der Waals surface area contributed by atoms with E-state index in [9.17, 15) is 13.2 Å². The zero-order valence-electron chi connectivity index (χ0n) is 17.1. The molecule has 0 radical (unpaired) electrons. The number of sulfonamides is 1. The molecule has 0 saturated carbocycles. The molecular formula is C23H25N3O3S. The van der Waals surface area contributed by atoms with E-state index in [0.717, 1.165) is 34.2 Å². The Labute approximate surface area is 176 Å². The molecule has 1 heterocycles. The molecule has 3 aromatic rings. The Balaban J connectivity index is 1.75. The molecule has 156 valence electrons. The van der Waals surface area contributed by atoms with Gasteiger partial charge in [-0.3, -0.25) is 4.79 Å². The van der Waals surface area contributed by atoms with E-state index in [1.807, 2.05) is 37.3 Å². The summed E-state index contributed by atoms with van der Waals surface area (Å²) < 4.78 is 26.7. The molecule has 2 aromatic carbocycles. The molecule has 2 N–H and O–H groups in total. The van der Waals surface area contributed by atoms with Crippen molar-refractivity contribution in [3.63, 3.8) is 0 Å². The molecule has 1 aliphatic carbocycles. The van der Waals surface area contributed by atoms with E-state index in [-0.39, 0.29) is 17.5 Å². The summed E-state index contributed by atoms with van der Waals surface area (Å²) in [5.74, 6) is -0.264. The van der Waals surface area contributed by atoms with Crippen LogP contribution in [-0.2, 0) is 22.9 Å². The van der Waals surface area contributed by atoms with Crippen molar-refractivity contribution >= 4 is 10.0 Å². The molecule has 2 unspecified atom stereocenters. The van der Waals surface area contributed by atoms with Crippen LogP contribution in [-0.4, -0.2) is 30.9 Å². The molecule has 30 heavy (non-hydrogen) atoms. The van der Waals surface area contributed by atoms with Gasteiger partial charge in [0.2, 0.25) is 10.0 Å². The summed E-state index contributed by atoms with van der Waals surface area (Å²) in [5, 5.41) is 6.69. The number of benzene rings is 2. The highest BCUT2D eigenvalue weighted by Gasteiger charge is 2.34. The second-order valence-electron chi connectivity index (χ2n) is 7.94. The monoisotopic (exact) mass is 423 g/mol. The summed E-state index contributed by atoms with van der Waals surface area (Å²) >= 11 is 0. The maximum Gasteiger partial charge on any atom is 0.268 e. The minimum Gasteiger partial charge on any atom is -0.268 e. The molecule has 1 aliphatic rings. The van der Waals surface area contributed by atoms with Gasteiger partial charge in [-0.1, -0.05) is 54.6 Å². The lowest BCUT2D eigenvalue weighted by atomic mass is 9.76. The van der Waals surface area contributed by atoms with Crippen molar-refractivity contribution in [2.45, 2.75) is 38.1 Å². The Morgan fingerprint density at radius 2 is 1.83 bits per heavy atom. The van der Waals surface area contributed by atoms with Crippen LogP contribution in [0.15, 0.2) is 59.4 Å². The number of nitrogens with one attached hydrogen (secondary N) is 2. The van der Waals surface area contributed by atoms with Crippen molar-refractivity contribution in [2.75, 3.05) is 6.26 Å². The lowest BCUT2D eigenvalue weighted by Crippen LogP contribution is -2.44. The maximum atomic E-state index is 12.7. The van der Waals surface area contributed by atoms with Crippen LogP contribution >= 0.6 is 0 Å². The van der Waals surface area contributed by atoms with E-state index in [2.05, 4.69) is 39.2 Å². The predicted molar refractivity (Wildman–Crippen MR) is 118 cm³/mol. The van der Waals surface area contributed by atoms with Crippen molar-refractivity contribution in [1.29, 1.82) is 0 Å². The zero-order chi connectivity index (χ0) is 21.3. The van der Waals surface area contributed by atoms with Gasteiger partial charge in [0.05, 0.1) is 11.9 Å². The van der Waals surface area contributed by atoms with Crippen LogP contribution in [0.4, 0.5) is 0 Å². The standard InChI is InChI=1S/C23H25N3O3S/c1-15-19-11-12-21(26-30(2,28)29)20(22(19)23(27)25-24-15)14-16-7-6-10-18(13-16)17-8-4-3-5-9-17/h3-10,13,20-21,26H,11-12,14H2,1-2H3,(H,25,27). The fraction of sp³-hybridized carbons (Fsp3) is 0.304. The fourth-order valence-electron chi connectivity index (χ4n) is 4.43. The summed E-state index contributed by atoms with van der Waals surface area (Å²) in [5.41, 5.74) is 5.42. The van der Waals surface area contributed by atoms with Crippen LogP contribution in [0.3, 0.4) is 0 Å². The Morgan fingerprint density at radius 3 is 2.57 bits per heavy atom. The molecule has 6 nitrogen and oxygen atoms in total. The lowest BCUT2D eigenvalue weighted by molar-refractivity contribution is 0.424. The first kappa shape index (κ1) is 20.5. The van der Waals surface area contributed by atoms with Gasteiger partial charge in [0.15, 0.2) is 0 Å². The molecular weight excluding hydrogens is 398 g/mol. The number of aromatic nitrogens is 2. The number of hydrogen-bond donors (Lipinski definition) is 2. The quantitative estimate of drug-likeness (QED) is 0.660. The Kier molecular flexibility index (Phi) is 5.58. The van der Waals surface area contributed by atoms with Crippen molar-refractivity contribution in [3.05, 3.63) is 87.3 Å². The number of hydrogen-bond acceptors (Lipinski definition) is 4. The number of nitrogens with zero attached hydrogens (tertiary/aromatic N) is 1. The molecule has 0 amide bonds.